The van der Waals surface area contributed by atoms with Crippen LogP contribution in [0.15, 0.2) is 40.9 Å². The molecule has 0 aliphatic rings. The third-order valence-corrected chi connectivity index (χ3v) is 3.83. The maximum atomic E-state index is 13.1. The Labute approximate surface area is 123 Å². The minimum atomic E-state index is -0.301. The predicted octanol–water partition coefficient (Wildman–Crippen LogP) is 4.80. The predicted molar refractivity (Wildman–Crippen MR) is 78.2 cm³/mol. The van der Waals surface area contributed by atoms with Crippen molar-refractivity contribution in [1.82, 2.24) is 0 Å². The molecule has 0 fully saturated rings. The first-order valence-electron chi connectivity index (χ1n) is 5.50. The highest BCUT2D eigenvalue weighted by Crippen LogP contribution is 2.24. The molecule has 0 saturated heterocycles. The Morgan fingerprint density at radius 3 is 2.63 bits per heavy atom. The van der Waals surface area contributed by atoms with Crippen LogP contribution in [0, 0.1) is 12.7 Å². The molecule has 0 bridgehead atoms. The van der Waals surface area contributed by atoms with Crippen LogP contribution in [-0.2, 0) is 0 Å². The molecule has 0 spiro atoms. The van der Waals surface area contributed by atoms with Crippen LogP contribution in [0.25, 0.3) is 0 Å². The minimum Gasteiger partial charge on any atom is -0.322 e. The van der Waals surface area contributed by atoms with Gasteiger partial charge < -0.3 is 5.32 Å². The molecule has 5 heteroatoms. The lowest BCUT2D eigenvalue weighted by Gasteiger charge is -2.07. The van der Waals surface area contributed by atoms with E-state index < -0.39 is 0 Å². The van der Waals surface area contributed by atoms with E-state index in [1.807, 2.05) is 0 Å². The van der Waals surface area contributed by atoms with Gasteiger partial charge in [-0.25, -0.2) is 4.39 Å². The van der Waals surface area contributed by atoms with Gasteiger partial charge in [0.25, 0.3) is 5.91 Å². The van der Waals surface area contributed by atoms with Gasteiger partial charge in [-0.15, -0.1) is 0 Å². The second-order valence-corrected chi connectivity index (χ2v) is 5.31. The second-order valence-electron chi connectivity index (χ2n) is 4.05. The number of nitrogens with one attached hydrogen (secondary N) is 1. The summed E-state index contributed by atoms with van der Waals surface area (Å²) in [6.45, 7) is 1.64. The average molecular weight is 343 g/mol. The SMILES string of the molecule is Cc1cc(NC(=O)c2ccc(Br)c(Cl)c2)ccc1F. The number of carbonyl (C=O) groups excluding carboxylic acids is 1. The molecule has 1 N–H and O–H groups in total. The van der Waals surface area contributed by atoms with Crippen LogP contribution >= 0.6 is 27.5 Å². The van der Waals surface area contributed by atoms with Gasteiger partial charge in [0.15, 0.2) is 0 Å². The maximum absolute atomic E-state index is 13.1. The molecule has 98 valence electrons. The molecule has 2 aromatic carbocycles. The fourth-order valence-electron chi connectivity index (χ4n) is 1.56. The first-order chi connectivity index (χ1) is 8.97. The Morgan fingerprint density at radius 1 is 1.26 bits per heavy atom. The first-order valence-corrected chi connectivity index (χ1v) is 6.67. The summed E-state index contributed by atoms with van der Waals surface area (Å²) in [6, 6.07) is 9.33. The molecule has 2 nitrogen and oxygen atoms in total. The Balaban J connectivity index is 2.20. The standard InChI is InChI=1S/C14H10BrClFNO/c1-8-6-10(3-5-13(8)17)18-14(19)9-2-4-11(15)12(16)7-9/h2-7H,1H3,(H,18,19). The normalized spacial score (nSPS) is 10.3. The number of anilines is 1. The minimum absolute atomic E-state index is 0.291. The Hall–Kier alpha value is -1.39. The molecular weight excluding hydrogens is 333 g/mol. The Morgan fingerprint density at radius 2 is 2.00 bits per heavy atom. The van der Waals surface area contributed by atoms with Crippen LogP contribution in [0.1, 0.15) is 15.9 Å². The van der Waals surface area contributed by atoms with Crippen LogP contribution < -0.4 is 5.32 Å². The highest BCUT2D eigenvalue weighted by Gasteiger charge is 2.09. The van der Waals surface area contributed by atoms with Crippen LogP contribution in [0.4, 0.5) is 10.1 Å². The zero-order chi connectivity index (χ0) is 14.0. The van der Waals surface area contributed by atoms with Crippen molar-refractivity contribution >= 4 is 39.1 Å². The van der Waals surface area contributed by atoms with Crippen molar-refractivity contribution in [3.05, 3.63) is 62.8 Å². The van der Waals surface area contributed by atoms with Crippen molar-refractivity contribution in [3.8, 4) is 0 Å². The van der Waals surface area contributed by atoms with Gasteiger partial charge in [-0.3, -0.25) is 4.79 Å². The summed E-state index contributed by atoms with van der Waals surface area (Å²) in [7, 11) is 0. The molecule has 1 amide bonds. The van der Waals surface area contributed by atoms with Crippen LogP contribution in [0.5, 0.6) is 0 Å². The van der Waals surface area contributed by atoms with E-state index in [1.54, 1.807) is 31.2 Å². The molecule has 0 atom stereocenters. The monoisotopic (exact) mass is 341 g/mol. The first kappa shape index (κ1) is 14.0. The molecule has 0 heterocycles. The highest BCUT2D eigenvalue weighted by atomic mass is 79.9. The van der Waals surface area contributed by atoms with Crippen molar-refractivity contribution < 1.29 is 9.18 Å². The van der Waals surface area contributed by atoms with E-state index in [-0.39, 0.29) is 11.7 Å². The van der Waals surface area contributed by atoms with Gasteiger partial charge in [0.2, 0.25) is 0 Å². The molecule has 2 aromatic rings. The highest BCUT2D eigenvalue weighted by molar-refractivity contribution is 9.10. The molecule has 0 radical (unpaired) electrons. The number of amides is 1. The number of halogens is 3. The number of rotatable bonds is 2. The lowest BCUT2D eigenvalue weighted by Crippen LogP contribution is -2.12. The van der Waals surface area contributed by atoms with E-state index in [4.69, 9.17) is 11.6 Å². The number of carbonyl (C=O) groups is 1. The number of hydrogen-bond acceptors (Lipinski definition) is 1. The quantitative estimate of drug-likeness (QED) is 0.834. The topological polar surface area (TPSA) is 29.1 Å². The molecular formula is C14H10BrClFNO. The molecule has 0 saturated carbocycles. The Bertz CT molecular complexity index is 645. The smallest absolute Gasteiger partial charge is 0.255 e. The van der Waals surface area contributed by atoms with Gasteiger partial charge in [0, 0.05) is 15.7 Å². The summed E-state index contributed by atoms with van der Waals surface area (Å²) < 4.78 is 13.8. The number of aryl methyl sites for hydroxylation is 1. The third kappa shape index (κ3) is 3.33. The average Bonchev–Trinajstić information content (AvgIpc) is 2.37. The van der Waals surface area contributed by atoms with Crippen LogP contribution in [0.3, 0.4) is 0 Å². The summed E-state index contributed by atoms with van der Waals surface area (Å²) in [5.74, 6) is -0.593. The second kappa shape index (κ2) is 5.72. The van der Waals surface area contributed by atoms with E-state index in [0.717, 1.165) is 4.47 Å². The van der Waals surface area contributed by atoms with Gasteiger partial charge in [-0.2, -0.15) is 0 Å². The lowest BCUT2D eigenvalue weighted by molar-refractivity contribution is 0.102. The van der Waals surface area contributed by atoms with Crippen molar-refractivity contribution in [2.24, 2.45) is 0 Å². The summed E-state index contributed by atoms with van der Waals surface area (Å²) >= 11 is 9.19. The van der Waals surface area contributed by atoms with E-state index in [2.05, 4.69) is 21.2 Å². The van der Waals surface area contributed by atoms with Gasteiger partial charge in [-0.05, 0) is 64.8 Å². The maximum Gasteiger partial charge on any atom is 0.255 e. The van der Waals surface area contributed by atoms with E-state index in [0.29, 0.717) is 21.8 Å². The van der Waals surface area contributed by atoms with Gasteiger partial charge in [0.05, 0.1) is 5.02 Å². The summed E-state index contributed by atoms with van der Waals surface area (Å²) in [5.41, 5.74) is 1.46. The lowest BCUT2D eigenvalue weighted by atomic mass is 10.2. The largest absolute Gasteiger partial charge is 0.322 e. The molecule has 2 rings (SSSR count). The van der Waals surface area contributed by atoms with Gasteiger partial charge in [-0.1, -0.05) is 11.6 Å². The number of hydrogen-bond donors (Lipinski definition) is 1. The van der Waals surface area contributed by atoms with Crippen LogP contribution in [-0.4, -0.2) is 5.91 Å². The van der Waals surface area contributed by atoms with Gasteiger partial charge in [0.1, 0.15) is 5.82 Å². The summed E-state index contributed by atoms with van der Waals surface area (Å²) in [5, 5.41) is 3.15. The summed E-state index contributed by atoms with van der Waals surface area (Å²) in [4.78, 5) is 12.0. The molecule has 19 heavy (non-hydrogen) atoms. The van der Waals surface area contributed by atoms with Crippen LogP contribution in [0.2, 0.25) is 5.02 Å². The van der Waals surface area contributed by atoms with Gasteiger partial charge >= 0.3 is 0 Å². The molecule has 0 unspecified atom stereocenters. The number of benzene rings is 2. The molecule has 0 aromatic heterocycles. The fourth-order valence-corrected chi connectivity index (χ4v) is 1.99. The zero-order valence-electron chi connectivity index (χ0n) is 10.0. The van der Waals surface area contributed by atoms with E-state index in [9.17, 15) is 9.18 Å². The van der Waals surface area contributed by atoms with E-state index >= 15 is 0 Å². The van der Waals surface area contributed by atoms with Crippen molar-refractivity contribution in [1.29, 1.82) is 0 Å². The fraction of sp³-hybridized carbons (Fsp3) is 0.0714. The zero-order valence-corrected chi connectivity index (χ0v) is 12.3. The van der Waals surface area contributed by atoms with Crippen molar-refractivity contribution in [3.63, 3.8) is 0 Å². The van der Waals surface area contributed by atoms with E-state index in [1.165, 1.54) is 12.1 Å². The Kier molecular flexibility index (Phi) is 4.22. The molecule has 0 aliphatic carbocycles. The van der Waals surface area contributed by atoms with Crippen molar-refractivity contribution in [2.45, 2.75) is 6.92 Å². The third-order valence-electron chi connectivity index (χ3n) is 2.60. The van der Waals surface area contributed by atoms with Crippen molar-refractivity contribution in [2.75, 3.05) is 5.32 Å². The summed E-state index contributed by atoms with van der Waals surface area (Å²) in [6.07, 6.45) is 0. The molecule has 0 aliphatic heterocycles.